The lowest BCUT2D eigenvalue weighted by Crippen LogP contribution is -2.39. The Bertz CT molecular complexity index is 613. The maximum Gasteiger partial charge on any atom is 0.251 e. The maximum absolute atomic E-state index is 12.1. The van der Waals surface area contributed by atoms with Crippen LogP contribution >= 0.6 is 11.6 Å². The zero-order chi connectivity index (χ0) is 15.2. The largest absolute Gasteiger partial charge is 0.508 e. The molecule has 1 amide bonds. The molecule has 3 N–H and O–H groups in total. The van der Waals surface area contributed by atoms with Crippen LogP contribution in [0.25, 0.3) is 0 Å². The van der Waals surface area contributed by atoms with Crippen molar-refractivity contribution >= 4 is 17.5 Å². The molecule has 0 spiro atoms. The molecule has 0 fully saturated rings. The van der Waals surface area contributed by atoms with E-state index in [1.54, 1.807) is 48.5 Å². The van der Waals surface area contributed by atoms with Crippen molar-refractivity contribution < 1.29 is 15.0 Å². The van der Waals surface area contributed by atoms with Crippen molar-refractivity contribution in [3.05, 3.63) is 64.7 Å². The minimum Gasteiger partial charge on any atom is -0.508 e. The van der Waals surface area contributed by atoms with Crippen molar-refractivity contribution in [3.8, 4) is 5.75 Å². The van der Waals surface area contributed by atoms with Gasteiger partial charge in [-0.1, -0.05) is 29.8 Å². The molecule has 2 rings (SSSR count). The van der Waals surface area contributed by atoms with Crippen LogP contribution < -0.4 is 5.32 Å². The molecule has 2 aromatic carbocycles. The molecule has 0 radical (unpaired) electrons. The van der Waals surface area contributed by atoms with E-state index in [1.807, 2.05) is 0 Å². The fraction of sp³-hybridized carbons (Fsp3) is 0.188. The monoisotopic (exact) mass is 305 g/mol. The molecule has 1 atom stereocenters. The van der Waals surface area contributed by atoms with Crippen molar-refractivity contribution in [1.82, 2.24) is 5.32 Å². The Kier molecular flexibility index (Phi) is 5.20. The van der Waals surface area contributed by atoms with Gasteiger partial charge < -0.3 is 15.5 Å². The number of carbonyl (C=O) groups excluding carboxylic acids is 1. The molecule has 0 unspecified atom stereocenters. The van der Waals surface area contributed by atoms with Gasteiger partial charge in [-0.25, -0.2) is 0 Å². The van der Waals surface area contributed by atoms with Gasteiger partial charge in [-0.3, -0.25) is 4.79 Å². The lowest BCUT2D eigenvalue weighted by Gasteiger charge is -2.16. The molecule has 0 saturated carbocycles. The maximum atomic E-state index is 12.1. The van der Waals surface area contributed by atoms with Gasteiger partial charge in [0.05, 0.1) is 12.6 Å². The Morgan fingerprint density at radius 2 is 1.90 bits per heavy atom. The minimum absolute atomic E-state index is 0.173. The first-order valence-electron chi connectivity index (χ1n) is 6.53. The SMILES string of the molecule is O=C(N[C@H](CO)Cc1ccc(O)cc1)c1cccc(Cl)c1. The summed E-state index contributed by atoms with van der Waals surface area (Å²) in [5, 5.41) is 21.9. The van der Waals surface area contributed by atoms with Gasteiger partial charge in [-0.15, -0.1) is 0 Å². The van der Waals surface area contributed by atoms with Gasteiger partial charge in [0, 0.05) is 10.6 Å². The summed E-state index contributed by atoms with van der Waals surface area (Å²) in [5.41, 5.74) is 1.37. The van der Waals surface area contributed by atoms with Gasteiger partial charge in [0.2, 0.25) is 0 Å². The Labute approximate surface area is 128 Å². The summed E-state index contributed by atoms with van der Waals surface area (Å²) in [6.45, 7) is -0.173. The average molecular weight is 306 g/mol. The first kappa shape index (κ1) is 15.4. The highest BCUT2D eigenvalue weighted by atomic mass is 35.5. The van der Waals surface area contributed by atoms with Crippen molar-refractivity contribution in [2.24, 2.45) is 0 Å². The molecule has 4 nitrogen and oxygen atoms in total. The molecule has 5 heteroatoms. The summed E-state index contributed by atoms with van der Waals surface area (Å²) in [7, 11) is 0. The van der Waals surface area contributed by atoms with E-state index in [4.69, 9.17) is 11.6 Å². The van der Waals surface area contributed by atoms with Crippen LogP contribution in [-0.2, 0) is 6.42 Å². The molecule has 0 saturated heterocycles. The van der Waals surface area contributed by atoms with Crippen LogP contribution in [0.4, 0.5) is 0 Å². The zero-order valence-corrected chi connectivity index (χ0v) is 12.0. The van der Waals surface area contributed by atoms with Crippen LogP contribution in [0.3, 0.4) is 0 Å². The summed E-state index contributed by atoms with van der Waals surface area (Å²) < 4.78 is 0. The first-order valence-corrected chi connectivity index (χ1v) is 6.91. The molecule has 2 aromatic rings. The number of phenolic OH excluding ortho intramolecular Hbond substituents is 1. The van der Waals surface area contributed by atoms with E-state index in [1.165, 1.54) is 0 Å². The number of aliphatic hydroxyl groups excluding tert-OH is 1. The quantitative estimate of drug-likeness (QED) is 0.794. The third-order valence-corrected chi connectivity index (χ3v) is 3.30. The topological polar surface area (TPSA) is 69.6 Å². The van der Waals surface area contributed by atoms with E-state index in [-0.39, 0.29) is 18.3 Å². The summed E-state index contributed by atoms with van der Waals surface area (Å²) in [6, 6.07) is 12.9. The number of phenols is 1. The van der Waals surface area contributed by atoms with E-state index in [9.17, 15) is 15.0 Å². The summed E-state index contributed by atoms with van der Waals surface area (Å²) in [6.07, 6.45) is 0.475. The third-order valence-electron chi connectivity index (χ3n) is 3.06. The normalized spacial score (nSPS) is 11.9. The Morgan fingerprint density at radius 3 is 2.52 bits per heavy atom. The number of benzene rings is 2. The second-order valence-electron chi connectivity index (χ2n) is 4.73. The van der Waals surface area contributed by atoms with Crippen molar-refractivity contribution in [2.75, 3.05) is 6.61 Å². The molecule has 0 aliphatic heterocycles. The first-order chi connectivity index (χ1) is 10.1. The van der Waals surface area contributed by atoms with Crippen LogP contribution in [0.15, 0.2) is 48.5 Å². The van der Waals surface area contributed by atoms with Crippen LogP contribution in [0.2, 0.25) is 5.02 Å². The van der Waals surface area contributed by atoms with E-state index in [0.717, 1.165) is 5.56 Å². The van der Waals surface area contributed by atoms with Gasteiger partial charge in [0.15, 0.2) is 0 Å². The molecular weight excluding hydrogens is 290 g/mol. The summed E-state index contributed by atoms with van der Waals surface area (Å²) >= 11 is 5.85. The van der Waals surface area contributed by atoms with Crippen molar-refractivity contribution in [1.29, 1.82) is 0 Å². The second kappa shape index (κ2) is 7.11. The summed E-state index contributed by atoms with van der Waals surface area (Å²) in [5.74, 6) is -0.0995. The molecule has 0 bridgehead atoms. The number of carbonyl (C=O) groups is 1. The number of aromatic hydroxyl groups is 1. The van der Waals surface area contributed by atoms with E-state index >= 15 is 0 Å². The van der Waals surface area contributed by atoms with Crippen molar-refractivity contribution in [2.45, 2.75) is 12.5 Å². The summed E-state index contributed by atoms with van der Waals surface area (Å²) in [4.78, 5) is 12.1. The molecule has 0 aromatic heterocycles. The predicted octanol–water partition coefficient (Wildman–Crippen LogP) is 2.38. The van der Waals surface area contributed by atoms with Crippen LogP contribution in [0.5, 0.6) is 5.75 Å². The van der Waals surface area contributed by atoms with E-state index < -0.39 is 6.04 Å². The van der Waals surface area contributed by atoms with Gasteiger partial charge in [0.25, 0.3) is 5.91 Å². The van der Waals surface area contributed by atoms with Crippen molar-refractivity contribution in [3.63, 3.8) is 0 Å². The molecule has 0 aliphatic carbocycles. The van der Waals surface area contributed by atoms with E-state index in [2.05, 4.69) is 5.32 Å². The van der Waals surface area contributed by atoms with Crippen LogP contribution in [0.1, 0.15) is 15.9 Å². The highest BCUT2D eigenvalue weighted by Crippen LogP contribution is 2.13. The standard InChI is InChI=1S/C16H16ClNO3/c17-13-3-1-2-12(9-13)16(21)18-14(10-19)8-11-4-6-15(20)7-5-11/h1-7,9,14,19-20H,8,10H2,(H,18,21)/t14-/m0/s1. The Morgan fingerprint density at radius 1 is 1.19 bits per heavy atom. The molecular formula is C16H16ClNO3. The molecule has 110 valence electrons. The Hall–Kier alpha value is -2.04. The fourth-order valence-electron chi connectivity index (χ4n) is 1.98. The van der Waals surface area contributed by atoms with Gasteiger partial charge in [-0.05, 0) is 42.3 Å². The highest BCUT2D eigenvalue weighted by molar-refractivity contribution is 6.30. The highest BCUT2D eigenvalue weighted by Gasteiger charge is 2.14. The fourth-order valence-corrected chi connectivity index (χ4v) is 2.17. The lowest BCUT2D eigenvalue weighted by molar-refractivity contribution is 0.0916. The third kappa shape index (κ3) is 4.48. The second-order valence-corrected chi connectivity index (χ2v) is 5.17. The zero-order valence-electron chi connectivity index (χ0n) is 11.3. The predicted molar refractivity (Wildman–Crippen MR) is 81.6 cm³/mol. The number of nitrogens with one attached hydrogen (secondary N) is 1. The number of aliphatic hydroxyl groups is 1. The van der Waals surface area contributed by atoms with Crippen LogP contribution in [-0.4, -0.2) is 28.8 Å². The van der Waals surface area contributed by atoms with Gasteiger partial charge >= 0.3 is 0 Å². The Balaban J connectivity index is 2.01. The number of rotatable bonds is 5. The number of halogens is 1. The molecule has 0 aliphatic rings. The van der Waals surface area contributed by atoms with Gasteiger partial charge in [0.1, 0.15) is 5.75 Å². The minimum atomic E-state index is -0.402. The number of amides is 1. The molecule has 21 heavy (non-hydrogen) atoms. The van der Waals surface area contributed by atoms with E-state index in [0.29, 0.717) is 17.0 Å². The van der Waals surface area contributed by atoms with Gasteiger partial charge in [-0.2, -0.15) is 0 Å². The molecule has 0 heterocycles. The number of hydrogen-bond acceptors (Lipinski definition) is 3. The van der Waals surface area contributed by atoms with Crippen LogP contribution in [0, 0.1) is 0 Å². The smallest absolute Gasteiger partial charge is 0.251 e. The number of hydrogen-bond donors (Lipinski definition) is 3. The lowest BCUT2D eigenvalue weighted by atomic mass is 10.1. The average Bonchev–Trinajstić information content (AvgIpc) is 2.48.